The molecule has 38 heavy (non-hydrogen) atoms. The highest BCUT2D eigenvalue weighted by atomic mass is 15.2. The van der Waals surface area contributed by atoms with E-state index in [1.54, 1.807) is 0 Å². The second-order valence-electron chi connectivity index (χ2n) is 10.3. The average molecular weight is 496 g/mol. The highest BCUT2D eigenvalue weighted by Crippen LogP contribution is 2.57. The van der Waals surface area contributed by atoms with Crippen molar-refractivity contribution in [3.8, 4) is 0 Å². The Morgan fingerprint density at radius 3 is 1.26 bits per heavy atom. The van der Waals surface area contributed by atoms with Gasteiger partial charge in [-0.25, -0.2) is 0 Å². The third kappa shape index (κ3) is 3.66. The lowest BCUT2D eigenvalue weighted by Crippen LogP contribution is -2.37. The second-order valence-corrected chi connectivity index (χ2v) is 10.3. The molecule has 0 radical (unpaired) electrons. The smallest absolute Gasteiger partial charge is 0.0742 e. The minimum absolute atomic E-state index is 0.478. The molecule has 0 spiro atoms. The maximum atomic E-state index is 2.41. The first kappa shape index (κ1) is 23.9. The summed E-state index contributed by atoms with van der Waals surface area (Å²) in [6.45, 7) is 0. The van der Waals surface area contributed by atoms with E-state index in [0.29, 0.717) is 0 Å². The minimum atomic E-state index is -0.478. The van der Waals surface area contributed by atoms with Crippen LogP contribution in [-0.2, 0) is 5.41 Å². The van der Waals surface area contributed by atoms with Gasteiger partial charge in [0.25, 0.3) is 0 Å². The molecule has 0 N–H and O–H groups in total. The molecule has 0 fully saturated rings. The van der Waals surface area contributed by atoms with Crippen LogP contribution in [0.5, 0.6) is 0 Å². The van der Waals surface area contributed by atoms with Gasteiger partial charge in [-0.05, 0) is 70.8 Å². The topological polar surface area (TPSA) is 9.72 Å². The number of fused-ring (bicyclic) bond motifs is 2. The zero-order valence-electron chi connectivity index (χ0n) is 22.5. The Kier molecular flexibility index (Phi) is 5.92. The lowest BCUT2D eigenvalue weighted by atomic mass is 9.62. The predicted molar refractivity (Wildman–Crippen MR) is 162 cm³/mol. The zero-order valence-corrected chi connectivity index (χ0v) is 22.5. The standard InChI is InChI=1S/C35H33N3/c1-36(2)28-22-18-26(19-23-28)35(27-20-24-29(25-21-27)37(3)4)31-14-8-10-16-33(31)38(30-12-6-5-7-13-30)34-17-11-9-15-32(34)35/h5-25H,1-4H3. The number of nitrogens with zero attached hydrogens (tertiary/aromatic N) is 3. The van der Waals surface area contributed by atoms with Gasteiger partial charge >= 0.3 is 0 Å². The Hall–Kier alpha value is -4.50. The molecular weight excluding hydrogens is 462 g/mol. The molecule has 0 aromatic heterocycles. The Balaban J connectivity index is 1.72. The van der Waals surface area contributed by atoms with E-state index in [-0.39, 0.29) is 0 Å². The fraction of sp³-hybridized carbons (Fsp3) is 0.143. The molecule has 1 aliphatic rings. The summed E-state index contributed by atoms with van der Waals surface area (Å²) >= 11 is 0. The molecule has 0 aliphatic carbocycles. The Labute approximate surface area is 226 Å². The van der Waals surface area contributed by atoms with E-state index in [0.717, 1.165) is 5.69 Å². The molecular formula is C35H33N3. The van der Waals surface area contributed by atoms with Crippen molar-refractivity contribution < 1.29 is 0 Å². The molecule has 3 heteroatoms. The van der Waals surface area contributed by atoms with Gasteiger partial charge < -0.3 is 14.7 Å². The Morgan fingerprint density at radius 1 is 0.447 bits per heavy atom. The number of rotatable bonds is 5. The van der Waals surface area contributed by atoms with E-state index in [1.807, 2.05) is 0 Å². The first-order valence-corrected chi connectivity index (χ1v) is 13.1. The lowest BCUT2D eigenvalue weighted by molar-refractivity contribution is 0.731. The van der Waals surface area contributed by atoms with Gasteiger partial charge in [0.15, 0.2) is 0 Å². The lowest BCUT2D eigenvalue weighted by Gasteiger charge is -2.46. The van der Waals surface area contributed by atoms with Crippen molar-refractivity contribution in [1.29, 1.82) is 0 Å². The molecule has 0 unspecified atom stereocenters. The van der Waals surface area contributed by atoms with Crippen molar-refractivity contribution in [3.63, 3.8) is 0 Å². The fourth-order valence-corrected chi connectivity index (χ4v) is 5.91. The predicted octanol–water partition coefficient (Wildman–Crippen LogP) is 7.98. The maximum absolute atomic E-state index is 2.41. The summed E-state index contributed by atoms with van der Waals surface area (Å²) in [5.74, 6) is 0. The highest BCUT2D eigenvalue weighted by molar-refractivity contribution is 5.89. The van der Waals surface area contributed by atoms with E-state index in [2.05, 4.69) is 170 Å². The molecule has 1 aliphatic heterocycles. The summed E-state index contributed by atoms with van der Waals surface area (Å²) in [6.07, 6.45) is 0. The molecule has 0 atom stereocenters. The van der Waals surface area contributed by atoms with Gasteiger partial charge in [0.1, 0.15) is 0 Å². The Morgan fingerprint density at radius 2 is 0.842 bits per heavy atom. The molecule has 6 rings (SSSR count). The van der Waals surface area contributed by atoms with Gasteiger partial charge in [0, 0.05) is 45.3 Å². The normalized spacial score (nSPS) is 13.4. The minimum Gasteiger partial charge on any atom is -0.378 e. The summed E-state index contributed by atoms with van der Waals surface area (Å²) in [6, 6.07) is 46.6. The van der Waals surface area contributed by atoms with Crippen molar-refractivity contribution in [3.05, 3.63) is 150 Å². The first-order valence-electron chi connectivity index (χ1n) is 13.1. The number of anilines is 5. The van der Waals surface area contributed by atoms with Gasteiger partial charge in [-0.2, -0.15) is 0 Å². The summed E-state index contributed by atoms with van der Waals surface area (Å²) < 4.78 is 0. The second kappa shape index (κ2) is 9.42. The number of hydrogen-bond acceptors (Lipinski definition) is 3. The molecule has 0 saturated heterocycles. The van der Waals surface area contributed by atoms with Crippen LogP contribution in [0.2, 0.25) is 0 Å². The van der Waals surface area contributed by atoms with Gasteiger partial charge in [-0.3, -0.25) is 0 Å². The summed E-state index contributed by atoms with van der Waals surface area (Å²) in [5, 5.41) is 0. The number of para-hydroxylation sites is 3. The van der Waals surface area contributed by atoms with Gasteiger partial charge in [0.2, 0.25) is 0 Å². The van der Waals surface area contributed by atoms with Crippen LogP contribution in [-0.4, -0.2) is 28.2 Å². The van der Waals surface area contributed by atoms with Crippen LogP contribution in [0.15, 0.2) is 127 Å². The average Bonchev–Trinajstić information content (AvgIpc) is 2.96. The van der Waals surface area contributed by atoms with E-state index in [4.69, 9.17) is 0 Å². The molecule has 1 heterocycles. The van der Waals surface area contributed by atoms with Gasteiger partial charge in [-0.1, -0.05) is 78.9 Å². The number of benzene rings is 5. The van der Waals surface area contributed by atoms with Crippen molar-refractivity contribution in [2.75, 3.05) is 42.9 Å². The van der Waals surface area contributed by atoms with Crippen LogP contribution in [0.25, 0.3) is 0 Å². The van der Waals surface area contributed by atoms with Crippen LogP contribution < -0.4 is 14.7 Å². The maximum Gasteiger partial charge on any atom is 0.0742 e. The molecule has 5 aromatic rings. The van der Waals surface area contributed by atoms with Crippen LogP contribution in [0.3, 0.4) is 0 Å². The molecule has 5 aromatic carbocycles. The van der Waals surface area contributed by atoms with E-state index >= 15 is 0 Å². The largest absolute Gasteiger partial charge is 0.378 e. The molecule has 3 nitrogen and oxygen atoms in total. The van der Waals surface area contributed by atoms with E-state index in [9.17, 15) is 0 Å². The van der Waals surface area contributed by atoms with Crippen molar-refractivity contribution in [2.45, 2.75) is 5.41 Å². The van der Waals surface area contributed by atoms with Crippen molar-refractivity contribution >= 4 is 28.4 Å². The highest BCUT2D eigenvalue weighted by Gasteiger charge is 2.46. The molecule has 0 amide bonds. The van der Waals surface area contributed by atoms with Crippen LogP contribution in [0.1, 0.15) is 22.3 Å². The Bertz CT molecular complexity index is 1450. The van der Waals surface area contributed by atoms with Crippen molar-refractivity contribution in [1.82, 2.24) is 0 Å². The fourth-order valence-electron chi connectivity index (χ4n) is 5.91. The van der Waals surface area contributed by atoms with E-state index < -0.39 is 5.41 Å². The van der Waals surface area contributed by atoms with Crippen LogP contribution in [0, 0.1) is 0 Å². The van der Waals surface area contributed by atoms with E-state index in [1.165, 1.54) is 45.0 Å². The third-order valence-electron chi connectivity index (χ3n) is 7.75. The summed E-state index contributed by atoms with van der Waals surface area (Å²) in [4.78, 5) is 6.72. The number of hydrogen-bond donors (Lipinski definition) is 0. The van der Waals surface area contributed by atoms with Gasteiger partial charge in [0.05, 0.1) is 16.8 Å². The molecule has 188 valence electrons. The monoisotopic (exact) mass is 495 g/mol. The van der Waals surface area contributed by atoms with Gasteiger partial charge in [-0.15, -0.1) is 0 Å². The summed E-state index contributed by atoms with van der Waals surface area (Å²) in [7, 11) is 8.36. The third-order valence-corrected chi connectivity index (χ3v) is 7.75. The molecule has 0 bridgehead atoms. The molecule has 0 saturated carbocycles. The van der Waals surface area contributed by atoms with Crippen LogP contribution in [0.4, 0.5) is 28.4 Å². The SMILES string of the molecule is CN(C)c1ccc(C2(c3ccc(N(C)C)cc3)c3ccccc3N(c3ccccc3)c3ccccc32)cc1. The first-order chi connectivity index (χ1) is 18.5. The zero-order chi connectivity index (χ0) is 26.3. The van der Waals surface area contributed by atoms with Crippen LogP contribution >= 0.6 is 0 Å². The quantitative estimate of drug-likeness (QED) is 0.240. The van der Waals surface area contributed by atoms with Crippen molar-refractivity contribution in [2.24, 2.45) is 0 Å². The summed E-state index contributed by atoms with van der Waals surface area (Å²) in [5.41, 5.74) is 10.5.